The van der Waals surface area contributed by atoms with Gasteiger partial charge in [-0.05, 0) is 17.9 Å². The van der Waals surface area contributed by atoms with Crippen LogP contribution >= 0.6 is 0 Å². The van der Waals surface area contributed by atoms with Crippen molar-refractivity contribution >= 4 is 8.80 Å². The molecule has 0 rings (SSSR count). The van der Waals surface area contributed by atoms with Crippen LogP contribution in [0.25, 0.3) is 0 Å². The lowest BCUT2D eigenvalue weighted by Gasteiger charge is -2.21. The average Bonchev–Trinajstić information content (AvgIpc) is 2.17. The summed E-state index contributed by atoms with van der Waals surface area (Å²) in [6, 6.07) is 0. The van der Waals surface area contributed by atoms with Gasteiger partial charge in [0.1, 0.15) is 0 Å². The molecule has 0 aliphatic carbocycles. The van der Waals surface area contributed by atoms with Gasteiger partial charge in [-0.15, -0.1) is 0 Å². The van der Waals surface area contributed by atoms with Gasteiger partial charge in [-0.1, -0.05) is 60.6 Å². The first-order valence-corrected chi connectivity index (χ1v) is 9.82. The van der Waals surface area contributed by atoms with Crippen LogP contribution in [0.2, 0.25) is 18.1 Å². The Kier molecular flexibility index (Phi) is 13.5. The fraction of sp³-hybridized carbons (Fsp3) is 1.00. The summed E-state index contributed by atoms with van der Waals surface area (Å²) in [6.07, 6.45) is 4.91. The third-order valence-corrected chi connectivity index (χ3v) is 6.48. The van der Waals surface area contributed by atoms with Crippen molar-refractivity contribution in [3.63, 3.8) is 0 Å². The molecule has 0 heterocycles. The van der Waals surface area contributed by atoms with Crippen LogP contribution < -0.4 is 0 Å². The fourth-order valence-electron chi connectivity index (χ4n) is 0.595. The molecule has 0 atom stereocenters. The molecule has 0 aliphatic heterocycles. The highest BCUT2D eigenvalue weighted by Crippen LogP contribution is 2.25. The van der Waals surface area contributed by atoms with E-state index in [0.29, 0.717) is 5.04 Å². The molecule has 100 valence electrons. The van der Waals surface area contributed by atoms with Gasteiger partial charge in [0.25, 0.3) is 0 Å². The zero-order chi connectivity index (χ0) is 13.0. The van der Waals surface area contributed by atoms with Gasteiger partial charge >= 0.3 is 0 Å². The Balaban J connectivity index is 0. The quantitative estimate of drug-likeness (QED) is 0.479. The van der Waals surface area contributed by atoms with Crippen molar-refractivity contribution in [2.24, 2.45) is 0 Å². The number of hydrogen-bond donors (Lipinski definition) is 0. The van der Waals surface area contributed by atoms with Crippen molar-refractivity contribution in [3.05, 3.63) is 0 Å². The smallest absolute Gasteiger partial charge is 0.0465 e. The van der Waals surface area contributed by atoms with Crippen molar-refractivity contribution in [2.45, 2.75) is 78.4 Å². The Morgan fingerprint density at radius 2 is 1.19 bits per heavy atom. The molecule has 0 aromatic heterocycles. The Hall–Kier alpha value is 0.177. The molecule has 0 fully saturated rings. The molecule has 0 saturated heterocycles. The highest BCUT2D eigenvalue weighted by Gasteiger charge is 2.15. The first-order chi connectivity index (χ1) is 7.36. The van der Waals surface area contributed by atoms with Gasteiger partial charge in [-0.2, -0.15) is 0 Å². The fourth-order valence-corrected chi connectivity index (χ4v) is 0.595. The highest BCUT2D eigenvalue weighted by molar-refractivity contribution is 6.59. The molecule has 0 bridgehead atoms. The first-order valence-electron chi connectivity index (χ1n) is 6.93. The minimum absolute atomic E-state index is 0.359. The first kappa shape index (κ1) is 18.5. The summed E-state index contributed by atoms with van der Waals surface area (Å²) in [5.74, 6) is 0. The van der Waals surface area contributed by atoms with E-state index in [1.165, 1.54) is 25.7 Å². The Morgan fingerprint density at radius 1 is 0.875 bits per heavy atom. The zero-order valence-corrected chi connectivity index (χ0v) is 13.9. The standard InChI is InChI=1S/C8H18O.C6H16Si/c1-3-5-7-9-8-6-4-2;1-6(2,3)7(4)5/h3-8H2,1-2H3;7H,1-5H3. The van der Waals surface area contributed by atoms with E-state index in [4.69, 9.17) is 4.74 Å². The van der Waals surface area contributed by atoms with Crippen molar-refractivity contribution < 1.29 is 4.74 Å². The molecule has 0 radical (unpaired) electrons. The summed E-state index contributed by atoms with van der Waals surface area (Å²) >= 11 is 0. The zero-order valence-electron chi connectivity index (χ0n) is 12.7. The van der Waals surface area contributed by atoms with E-state index in [-0.39, 0.29) is 8.80 Å². The van der Waals surface area contributed by atoms with E-state index in [1.807, 2.05) is 0 Å². The number of hydrogen-bond acceptors (Lipinski definition) is 1. The predicted molar refractivity (Wildman–Crippen MR) is 79.2 cm³/mol. The van der Waals surface area contributed by atoms with E-state index in [2.05, 4.69) is 47.7 Å². The molecule has 0 aromatic rings. The van der Waals surface area contributed by atoms with Crippen molar-refractivity contribution in [1.82, 2.24) is 0 Å². The van der Waals surface area contributed by atoms with Gasteiger partial charge < -0.3 is 4.74 Å². The number of rotatable bonds is 6. The second kappa shape index (κ2) is 11.7. The van der Waals surface area contributed by atoms with Gasteiger partial charge in [-0.3, -0.25) is 0 Å². The van der Waals surface area contributed by atoms with E-state index in [0.717, 1.165) is 13.2 Å². The lowest BCUT2D eigenvalue weighted by molar-refractivity contribution is 0.128. The van der Waals surface area contributed by atoms with E-state index in [1.54, 1.807) is 0 Å². The molecule has 0 unspecified atom stereocenters. The van der Waals surface area contributed by atoms with Crippen LogP contribution in [0.5, 0.6) is 0 Å². The molecule has 0 aliphatic rings. The van der Waals surface area contributed by atoms with Crippen molar-refractivity contribution in [1.29, 1.82) is 0 Å². The summed E-state index contributed by atoms with van der Waals surface area (Å²) < 4.78 is 5.31. The Morgan fingerprint density at radius 3 is 1.38 bits per heavy atom. The van der Waals surface area contributed by atoms with Crippen molar-refractivity contribution in [3.8, 4) is 0 Å². The third-order valence-electron chi connectivity index (χ3n) is 3.02. The SMILES string of the molecule is CCCCOCCCC.C[SiH](C)C(C)(C)C. The Labute approximate surface area is 106 Å². The summed E-state index contributed by atoms with van der Waals surface area (Å²) in [5, 5.41) is 0.639. The molecule has 0 amide bonds. The monoisotopic (exact) mass is 246 g/mol. The third kappa shape index (κ3) is 16.6. The van der Waals surface area contributed by atoms with Crippen molar-refractivity contribution in [2.75, 3.05) is 13.2 Å². The second-order valence-electron chi connectivity index (χ2n) is 5.84. The minimum atomic E-state index is -0.359. The topological polar surface area (TPSA) is 9.23 Å². The van der Waals surface area contributed by atoms with Gasteiger partial charge in [0.2, 0.25) is 0 Å². The molecule has 0 N–H and O–H groups in total. The second-order valence-corrected chi connectivity index (χ2v) is 9.88. The van der Waals surface area contributed by atoms with Crippen LogP contribution in [0.1, 0.15) is 60.3 Å². The van der Waals surface area contributed by atoms with E-state index >= 15 is 0 Å². The lowest BCUT2D eigenvalue weighted by atomic mass is 10.2. The Bertz CT molecular complexity index is 121. The largest absolute Gasteiger partial charge is 0.381 e. The highest BCUT2D eigenvalue weighted by atomic mass is 28.3. The summed E-state index contributed by atoms with van der Waals surface area (Å²) in [7, 11) is -0.359. The molecule has 0 saturated carbocycles. The molecule has 16 heavy (non-hydrogen) atoms. The van der Waals surface area contributed by atoms with Gasteiger partial charge in [-0.25, -0.2) is 0 Å². The lowest BCUT2D eigenvalue weighted by Crippen LogP contribution is -2.16. The number of ether oxygens (including phenoxy) is 1. The van der Waals surface area contributed by atoms with E-state index < -0.39 is 0 Å². The van der Waals surface area contributed by atoms with Crippen LogP contribution in [-0.2, 0) is 4.74 Å². The summed E-state index contributed by atoms with van der Waals surface area (Å²) in [4.78, 5) is 0. The molecular formula is C14H34OSi. The molecular weight excluding hydrogens is 212 g/mol. The normalized spacial score (nSPS) is 11.2. The molecule has 2 heteroatoms. The van der Waals surface area contributed by atoms with E-state index in [9.17, 15) is 0 Å². The maximum absolute atomic E-state index is 5.31. The molecule has 0 spiro atoms. The van der Waals surface area contributed by atoms with Crippen LogP contribution in [-0.4, -0.2) is 22.0 Å². The van der Waals surface area contributed by atoms with Crippen LogP contribution in [0.3, 0.4) is 0 Å². The number of unbranched alkanes of at least 4 members (excludes halogenated alkanes) is 2. The molecule has 1 nitrogen and oxygen atoms in total. The van der Waals surface area contributed by atoms with Gasteiger partial charge in [0, 0.05) is 22.0 Å². The van der Waals surface area contributed by atoms with Gasteiger partial charge in [0.15, 0.2) is 0 Å². The summed E-state index contributed by atoms with van der Waals surface area (Å²) in [5.41, 5.74) is 0. The van der Waals surface area contributed by atoms with Crippen LogP contribution in [0.15, 0.2) is 0 Å². The van der Waals surface area contributed by atoms with Gasteiger partial charge in [0.05, 0.1) is 0 Å². The summed E-state index contributed by atoms with van der Waals surface area (Å²) in [6.45, 7) is 18.0. The van der Waals surface area contributed by atoms with Crippen LogP contribution in [0.4, 0.5) is 0 Å². The maximum Gasteiger partial charge on any atom is 0.0465 e. The average molecular weight is 247 g/mol. The maximum atomic E-state index is 5.31. The minimum Gasteiger partial charge on any atom is -0.381 e. The molecule has 0 aromatic carbocycles. The van der Waals surface area contributed by atoms with Crippen LogP contribution in [0, 0.1) is 0 Å². The predicted octanol–water partition coefficient (Wildman–Crippen LogP) is 4.88.